The van der Waals surface area contributed by atoms with Gasteiger partial charge in [-0.05, 0) is 67.8 Å². The molecule has 0 aromatic carbocycles. The Labute approximate surface area is 149 Å². The van der Waals surface area contributed by atoms with Crippen LogP contribution in [0.1, 0.15) is 52.9 Å². The first-order valence-corrected chi connectivity index (χ1v) is 9.55. The fourth-order valence-corrected chi connectivity index (χ4v) is 6.61. The fraction of sp³-hybridized carbons (Fsp3) is 0.714. The van der Waals surface area contributed by atoms with Gasteiger partial charge in [0.1, 0.15) is 5.76 Å². The van der Waals surface area contributed by atoms with Gasteiger partial charge in [-0.2, -0.15) is 0 Å². The molecule has 6 atom stereocenters. The SMILES string of the molecule is COC(=O)[C@]1(C)CCC[C@@]2(C)[C@H]1CC[C@H]1[C@@H](C)C3=CC(=O)OC3=C[C@@H]12. The molecule has 0 spiro atoms. The molecule has 0 aromatic rings. The number of hydrogen-bond acceptors (Lipinski definition) is 4. The van der Waals surface area contributed by atoms with Crippen molar-refractivity contribution < 1.29 is 19.1 Å². The molecular weight excluding hydrogens is 316 g/mol. The van der Waals surface area contributed by atoms with Crippen molar-refractivity contribution in [1.82, 2.24) is 0 Å². The first-order valence-electron chi connectivity index (χ1n) is 9.55. The molecule has 0 amide bonds. The molecule has 2 fully saturated rings. The highest BCUT2D eigenvalue weighted by Gasteiger charge is 2.60. The molecular formula is C21H28O4. The Balaban J connectivity index is 1.76. The van der Waals surface area contributed by atoms with Crippen LogP contribution >= 0.6 is 0 Å². The number of carbonyl (C=O) groups excluding carboxylic acids is 2. The lowest BCUT2D eigenvalue weighted by Gasteiger charge is -2.60. The van der Waals surface area contributed by atoms with Crippen LogP contribution in [0.2, 0.25) is 0 Å². The molecule has 136 valence electrons. The van der Waals surface area contributed by atoms with Crippen molar-refractivity contribution in [3.05, 3.63) is 23.5 Å². The lowest BCUT2D eigenvalue weighted by atomic mass is 9.44. The van der Waals surface area contributed by atoms with E-state index in [1.807, 2.05) is 0 Å². The highest BCUT2D eigenvalue weighted by molar-refractivity contribution is 5.88. The summed E-state index contributed by atoms with van der Waals surface area (Å²) >= 11 is 0. The zero-order chi connectivity index (χ0) is 18.0. The molecule has 4 rings (SSSR count). The molecule has 0 N–H and O–H groups in total. The number of hydrogen-bond donors (Lipinski definition) is 0. The fourth-order valence-electron chi connectivity index (χ4n) is 6.61. The maximum Gasteiger partial charge on any atom is 0.336 e. The van der Waals surface area contributed by atoms with Gasteiger partial charge in [-0.1, -0.05) is 20.3 Å². The van der Waals surface area contributed by atoms with Crippen molar-refractivity contribution in [3.63, 3.8) is 0 Å². The number of methoxy groups -OCH3 is 1. The van der Waals surface area contributed by atoms with Crippen LogP contribution in [-0.4, -0.2) is 19.0 Å². The smallest absolute Gasteiger partial charge is 0.336 e. The van der Waals surface area contributed by atoms with Crippen molar-refractivity contribution >= 4 is 11.9 Å². The number of allylic oxidation sites excluding steroid dienone is 2. The van der Waals surface area contributed by atoms with E-state index >= 15 is 0 Å². The number of carbonyl (C=O) groups is 2. The molecule has 4 nitrogen and oxygen atoms in total. The predicted molar refractivity (Wildman–Crippen MR) is 93.2 cm³/mol. The van der Waals surface area contributed by atoms with E-state index in [-0.39, 0.29) is 17.4 Å². The minimum atomic E-state index is -0.406. The molecule has 0 saturated heterocycles. The second-order valence-corrected chi connectivity index (χ2v) is 8.93. The van der Waals surface area contributed by atoms with E-state index in [4.69, 9.17) is 9.47 Å². The Kier molecular flexibility index (Phi) is 3.68. The summed E-state index contributed by atoms with van der Waals surface area (Å²) in [4.78, 5) is 24.4. The van der Waals surface area contributed by atoms with Gasteiger partial charge in [0.15, 0.2) is 0 Å². The number of rotatable bonds is 1. The van der Waals surface area contributed by atoms with E-state index in [9.17, 15) is 9.59 Å². The van der Waals surface area contributed by atoms with E-state index in [0.717, 1.165) is 43.4 Å². The summed E-state index contributed by atoms with van der Waals surface area (Å²) in [5.74, 6) is 1.98. The maximum absolute atomic E-state index is 12.6. The van der Waals surface area contributed by atoms with E-state index in [1.54, 1.807) is 6.08 Å². The molecule has 25 heavy (non-hydrogen) atoms. The number of esters is 2. The standard InChI is InChI=1S/C21H28O4/c1-12-13-6-7-17-20(2,8-5-9-21(17,3)19(23)24-4)15(13)11-16-14(12)10-18(22)25-16/h10-13,15,17H,5-9H2,1-4H3/t12-,13+,15+,17-,20-,21-/m1/s1. The summed E-state index contributed by atoms with van der Waals surface area (Å²) in [6, 6.07) is 0. The van der Waals surface area contributed by atoms with Crippen molar-refractivity contribution in [2.24, 2.45) is 34.5 Å². The second-order valence-electron chi connectivity index (χ2n) is 8.93. The Morgan fingerprint density at radius 2 is 2.04 bits per heavy atom. The van der Waals surface area contributed by atoms with Crippen LogP contribution < -0.4 is 0 Å². The van der Waals surface area contributed by atoms with E-state index in [0.29, 0.717) is 23.7 Å². The molecule has 1 aliphatic heterocycles. The third-order valence-corrected chi connectivity index (χ3v) is 7.87. The van der Waals surface area contributed by atoms with Gasteiger partial charge in [-0.25, -0.2) is 4.79 Å². The molecule has 0 bridgehead atoms. The predicted octanol–water partition coefficient (Wildman–Crippen LogP) is 4.02. The molecule has 1 heterocycles. The van der Waals surface area contributed by atoms with Crippen LogP contribution in [0, 0.1) is 34.5 Å². The summed E-state index contributed by atoms with van der Waals surface area (Å²) in [5.41, 5.74) is 0.711. The van der Waals surface area contributed by atoms with Gasteiger partial charge in [0.2, 0.25) is 0 Å². The summed E-state index contributed by atoms with van der Waals surface area (Å²) in [6.07, 6.45) is 9.09. The number of ether oxygens (including phenoxy) is 2. The quantitative estimate of drug-likeness (QED) is 0.674. The highest BCUT2D eigenvalue weighted by atomic mass is 16.5. The molecule has 0 radical (unpaired) electrons. The number of fused-ring (bicyclic) bond motifs is 4. The molecule has 2 saturated carbocycles. The van der Waals surface area contributed by atoms with E-state index in [1.165, 1.54) is 7.11 Å². The van der Waals surface area contributed by atoms with E-state index in [2.05, 4.69) is 26.8 Å². The van der Waals surface area contributed by atoms with Crippen LogP contribution in [0.5, 0.6) is 0 Å². The molecule has 0 unspecified atom stereocenters. The van der Waals surface area contributed by atoms with E-state index < -0.39 is 5.41 Å². The average molecular weight is 344 g/mol. The third-order valence-electron chi connectivity index (χ3n) is 7.87. The van der Waals surface area contributed by atoms with Gasteiger partial charge in [0, 0.05) is 11.6 Å². The summed E-state index contributed by atoms with van der Waals surface area (Å²) in [7, 11) is 1.50. The molecule has 4 heteroatoms. The normalized spacial score (nSPS) is 45.4. The third kappa shape index (κ3) is 2.18. The maximum atomic E-state index is 12.6. The minimum absolute atomic E-state index is 0.0475. The zero-order valence-electron chi connectivity index (χ0n) is 15.6. The highest BCUT2D eigenvalue weighted by Crippen LogP contribution is 2.64. The van der Waals surface area contributed by atoms with Crippen LogP contribution in [0.3, 0.4) is 0 Å². The van der Waals surface area contributed by atoms with Crippen LogP contribution in [0.15, 0.2) is 23.5 Å². The first-order chi connectivity index (χ1) is 11.8. The van der Waals surface area contributed by atoms with Crippen molar-refractivity contribution in [2.45, 2.75) is 52.9 Å². The lowest BCUT2D eigenvalue weighted by molar-refractivity contribution is -0.172. The van der Waals surface area contributed by atoms with Crippen LogP contribution in [0.25, 0.3) is 0 Å². The summed E-state index contributed by atoms with van der Waals surface area (Å²) in [6.45, 7) is 6.68. The Hall–Kier alpha value is -1.58. The van der Waals surface area contributed by atoms with Gasteiger partial charge in [-0.3, -0.25) is 4.79 Å². The Bertz CT molecular complexity index is 690. The minimum Gasteiger partial charge on any atom is -0.469 e. The molecule has 4 aliphatic rings. The second kappa shape index (κ2) is 5.46. The molecule has 3 aliphatic carbocycles. The van der Waals surface area contributed by atoms with Crippen molar-refractivity contribution in [3.8, 4) is 0 Å². The molecule has 0 aromatic heterocycles. The summed E-state index contributed by atoms with van der Waals surface area (Å²) in [5, 5.41) is 0. The van der Waals surface area contributed by atoms with Gasteiger partial charge < -0.3 is 9.47 Å². The monoisotopic (exact) mass is 344 g/mol. The van der Waals surface area contributed by atoms with Gasteiger partial charge in [0.05, 0.1) is 12.5 Å². The van der Waals surface area contributed by atoms with Gasteiger partial charge >= 0.3 is 11.9 Å². The van der Waals surface area contributed by atoms with Crippen LogP contribution in [0.4, 0.5) is 0 Å². The first kappa shape index (κ1) is 16.9. The van der Waals surface area contributed by atoms with Gasteiger partial charge in [-0.15, -0.1) is 0 Å². The van der Waals surface area contributed by atoms with Gasteiger partial charge in [0.25, 0.3) is 0 Å². The Morgan fingerprint density at radius 3 is 2.76 bits per heavy atom. The van der Waals surface area contributed by atoms with Crippen molar-refractivity contribution in [1.29, 1.82) is 0 Å². The largest absolute Gasteiger partial charge is 0.469 e. The van der Waals surface area contributed by atoms with Crippen LogP contribution in [-0.2, 0) is 19.1 Å². The topological polar surface area (TPSA) is 52.6 Å². The van der Waals surface area contributed by atoms with Crippen molar-refractivity contribution in [2.75, 3.05) is 7.11 Å². The lowest BCUT2D eigenvalue weighted by Crippen LogP contribution is -2.56. The average Bonchev–Trinajstić information content (AvgIpc) is 2.95. The summed E-state index contributed by atoms with van der Waals surface area (Å²) < 4.78 is 10.7. The Morgan fingerprint density at radius 1 is 1.28 bits per heavy atom. The zero-order valence-corrected chi connectivity index (χ0v) is 15.6.